The summed E-state index contributed by atoms with van der Waals surface area (Å²) in [5, 5.41) is 4.91. The minimum atomic E-state index is -4.75. The fourth-order valence-corrected chi connectivity index (χ4v) is 3.63. The first kappa shape index (κ1) is 21.3. The summed E-state index contributed by atoms with van der Waals surface area (Å²) in [4.78, 5) is 29.5. The third-order valence-electron chi connectivity index (χ3n) is 3.55. The first-order valence-corrected chi connectivity index (χ1v) is 9.46. The normalized spacial score (nSPS) is 11.4. The molecule has 2 aromatic heterocycles. The molecule has 2 rings (SSSR count). The van der Waals surface area contributed by atoms with E-state index in [1.807, 2.05) is 6.92 Å². The van der Waals surface area contributed by atoms with Gasteiger partial charge in [-0.15, -0.1) is 11.8 Å². The van der Waals surface area contributed by atoms with Gasteiger partial charge in [-0.1, -0.05) is 6.92 Å². The number of thioether (sulfide) groups is 1. The molecule has 0 aromatic carbocycles. The maximum absolute atomic E-state index is 13.2. The summed E-state index contributed by atoms with van der Waals surface area (Å²) >= 11 is 4.63. The van der Waals surface area contributed by atoms with Gasteiger partial charge in [0.15, 0.2) is 0 Å². The Bertz CT molecular complexity index is 931. The average molecular weight is 465 g/mol. The van der Waals surface area contributed by atoms with Crippen molar-refractivity contribution in [2.24, 2.45) is 7.05 Å². The highest BCUT2D eigenvalue weighted by molar-refractivity contribution is 9.10. The molecule has 146 valence electrons. The zero-order chi connectivity index (χ0) is 20.4. The summed E-state index contributed by atoms with van der Waals surface area (Å²) in [6, 6.07) is 2.41. The van der Waals surface area contributed by atoms with Gasteiger partial charge in [0.2, 0.25) is 0 Å². The van der Waals surface area contributed by atoms with Crippen molar-refractivity contribution < 1.29 is 18.0 Å². The molecule has 0 bridgehead atoms. The van der Waals surface area contributed by atoms with Crippen LogP contribution in [-0.4, -0.2) is 28.3 Å². The van der Waals surface area contributed by atoms with E-state index in [1.54, 1.807) is 6.07 Å². The van der Waals surface area contributed by atoms with Gasteiger partial charge in [-0.05, 0) is 33.8 Å². The van der Waals surface area contributed by atoms with E-state index in [9.17, 15) is 22.8 Å². The van der Waals surface area contributed by atoms with Crippen molar-refractivity contribution in [3.05, 3.63) is 44.5 Å². The molecule has 2 N–H and O–H groups in total. The number of pyridine rings is 2. The van der Waals surface area contributed by atoms with Crippen molar-refractivity contribution in [3.63, 3.8) is 0 Å². The molecule has 0 unspecified atom stereocenters. The predicted octanol–water partition coefficient (Wildman–Crippen LogP) is 3.97. The number of nitrogens with one attached hydrogen (secondary N) is 2. The lowest BCUT2D eigenvalue weighted by atomic mass is 10.2. The Hall–Kier alpha value is -2.01. The smallest absolute Gasteiger partial charge is 0.382 e. The average Bonchev–Trinajstić information content (AvgIpc) is 2.57. The molecule has 11 heteroatoms. The third-order valence-corrected chi connectivity index (χ3v) is 4.90. The van der Waals surface area contributed by atoms with Gasteiger partial charge in [0.25, 0.3) is 11.5 Å². The molecule has 0 fully saturated rings. The number of aromatic nitrogens is 2. The number of rotatable bonds is 5. The summed E-state index contributed by atoms with van der Waals surface area (Å²) in [7, 11) is 2.40. The minimum absolute atomic E-state index is 0.0568. The van der Waals surface area contributed by atoms with E-state index in [1.165, 1.54) is 25.0 Å². The van der Waals surface area contributed by atoms with E-state index in [4.69, 9.17) is 0 Å². The molecule has 0 aliphatic carbocycles. The van der Waals surface area contributed by atoms with E-state index in [-0.39, 0.29) is 17.1 Å². The van der Waals surface area contributed by atoms with Gasteiger partial charge in [-0.3, -0.25) is 9.59 Å². The van der Waals surface area contributed by atoms with Crippen LogP contribution in [0.4, 0.5) is 24.5 Å². The van der Waals surface area contributed by atoms with Crippen LogP contribution < -0.4 is 16.2 Å². The van der Waals surface area contributed by atoms with Crippen molar-refractivity contribution in [3.8, 4) is 0 Å². The van der Waals surface area contributed by atoms with Crippen LogP contribution in [0.5, 0.6) is 0 Å². The highest BCUT2D eigenvalue weighted by Crippen LogP contribution is 2.32. The second-order valence-corrected chi connectivity index (χ2v) is 7.54. The molecule has 0 atom stereocenters. The highest BCUT2D eigenvalue weighted by atomic mass is 79.9. The molecular weight excluding hydrogens is 449 g/mol. The maximum atomic E-state index is 13.2. The van der Waals surface area contributed by atoms with Crippen LogP contribution in [0.2, 0.25) is 0 Å². The van der Waals surface area contributed by atoms with E-state index in [0.717, 1.165) is 13.1 Å². The van der Waals surface area contributed by atoms with Crippen LogP contribution in [-0.2, 0) is 13.2 Å². The lowest BCUT2D eigenvalue weighted by molar-refractivity contribution is -0.143. The van der Waals surface area contributed by atoms with Crippen LogP contribution in [0.3, 0.4) is 0 Å². The molecule has 0 aliphatic rings. The first-order valence-electron chi connectivity index (χ1n) is 7.68. The lowest BCUT2D eigenvalue weighted by Gasteiger charge is -2.17. The number of anilines is 2. The molecule has 0 spiro atoms. The number of nitrogens with zero attached hydrogens (tertiary/aromatic N) is 2. The van der Waals surface area contributed by atoms with Gasteiger partial charge < -0.3 is 15.2 Å². The first-order chi connectivity index (χ1) is 12.6. The van der Waals surface area contributed by atoms with E-state index < -0.39 is 23.3 Å². The van der Waals surface area contributed by atoms with Crippen LogP contribution in [0.15, 0.2) is 32.5 Å². The molecule has 0 saturated heterocycles. The third kappa shape index (κ3) is 4.64. The molecule has 1 amide bonds. The lowest BCUT2D eigenvalue weighted by Crippen LogP contribution is -2.29. The summed E-state index contributed by atoms with van der Waals surface area (Å²) in [6.07, 6.45) is -3.34. The van der Waals surface area contributed by atoms with E-state index in [2.05, 4.69) is 31.5 Å². The van der Waals surface area contributed by atoms with Crippen LogP contribution in [0.1, 0.15) is 23.1 Å². The van der Waals surface area contributed by atoms with Crippen molar-refractivity contribution in [1.82, 2.24) is 9.55 Å². The van der Waals surface area contributed by atoms with Gasteiger partial charge in [0.1, 0.15) is 17.1 Å². The molecule has 2 heterocycles. The molecule has 27 heavy (non-hydrogen) atoms. The summed E-state index contributed by atoms with van der Waals surface area (Å²) in [6.45, 7) is 1.89. The Morgan fingerprint density at radius 1 is 1.37 bits per heavy atom. The van der Waals surface area contributed by atoms with E-state index in [0.29, 0.717) is 19.7 Å². The van der Waals surface area contributed by atoms with Gasteiger partial charge in [-0.25, -0.2) is 4.98 Å². The van der Waals surface area contributed by atoms with Crippen LogP contribution in [0.25, 0.3) is 0 Å². The Balaban J connectivity index is 2.53. The van der Waals surface area contributed by atoms with Gasteiger partial charge in [0.05, 0.1) is 5.69 Å². The number of hydrogen-bond donors (Lipinski definition) is 2. The van der Waals surface area contributed by atoms with Gasteiger partial charge in [-0.2, -0.15) is 13.2 Å². The fraction of sp³-hybridized carbons (Fsp3) is 0.312. The predicted molar refractivity (Wildman–Crippen MR) is 103 cm³/mol. The van der Waals surface area contributed by atoms with Crippen molar-refractivity contribution in [2.75, 3.05) is 23.4 Å². The number of carbonyl (C=O) groups is 1. The van der Waals surface area contributed by atoms with Gasteiger partial charge >= 0.3 is 6.18 Å². The minimum Gasteiger partial charge on any atom is -0.382 e. The van der Waals surface area contributed by atoms with Crippen LogP contribution in [0, 0.1) is 0 Å². The quantitative estimate of drug-likeness (QED) is 0.654. The molecule has 6 nitrogen and oxygen atoms in total. The molecule has 0 radical (unpaired) electrons. The fourth-order valence-electron chi connectivity index (χ4n) is 2.35. The van der Waals surface area contributed by atoms with Crippen molar-refractivity contribution in [1.29, 1.82) is 0 Å². The summed E-state index contributed by atoms with van der Waals surface area (Å²) in [5.41, 5.74) is -2.44. The van der Waals surface area contributed by atoms with Gasteiger partial charge in [0, 0.05) is 29.7 Å². The largest absolute Gasteiger partial charge is 0.431 e. The summed E-state index contributed by atoms with van der Waals surface area (Å²) < 4.78 is 40.7. The maximum Gasteiger partial charge on any atom is 0.431 e. The molecule has 0 aliphatic heterocycles. The second kappa shape index (κ2) is 8.34. The monoisotopic (exact) mass is 464 g/mol. The SMILES string of the molecule is CCSc1cc(Br)cnc1C(=O)Nc1cc(C(F)(F)F)n(C)c(=O)c1NC. The van der Waals surface area contributed by atoms with E-state index >= 15 is 0 Å². The number of alkyl halides is 3. The molecule has 2 aromatic rings. The molecule has 0 saturated carbocycles. The van der Waals surface area contributed by atoms with Crippen molar-refractivity contribution in [2.45, 2.75) is 18.0 Å². The standard InChI is InChI=1S/C16H16BrF3N4O2S/c1-4-27-10-5-8(17)7-22-13(10)14(25)23-9-6-11(16(18,19)20)24(3)15(26)12(9)21-2/h5-7,21H,4H2,1-3H3,(H,23,25). The zero-order valence-corrected chi connectivity index (χ0v) is 17.0. The zero-order valence-electron chi connectivity index (χ0n) is 14.6. The summed E-state index contributed by atoms with van der Waals surface area (Å²) in [5.74, 6) is -0.0408. The Morgan fingerprint density at radius 2 is 2.04 bits per heavy atom. The number of halogens is 4. The number of hydrogen-bond acceptors (Lipinski definition) is 5. The Labute approximate surface area is 165 Å². The van der Waals surface area contributed by atoms with Crippen molar-refractivity contribution >= 4 is 45.0 Å². The number of amides is 1. The van der Waals surface area contributed by atoms with Crippen LogP contribution >= 0.6 is 27.7 Å². The Morgan fingerprint density at radius 3 is 2.59 bits per heavy atom. The Kier molecular flexibility index (Phi) is 6.58. The second-order valence-electron chi connectivity index (χ2n) is 5.32. The topological polar surface area (TPSA) is 76.0 Å². The number of carbonyl (C=O) groups excluding carboxylic acids is 1. The highest BCUT2D eigenvalue weighted by Gasteiger charge is 2.35. The molecular formula is C16H16BrF3N4O2S.